The maximum absolute atomic E-state index is 11.2. The first kappa shape index (κ1) is 13.5. The second kappa shape index (κ2) is 6.89. The highest BCUT2D eigenvalue weighted by atomic mass is 16.7. The lowest BCUT2D eigenvalue weighted by Gasteiger charge is -2.01. The lowest BCUT2D eigenvalue weighted by molar-refractivity contribution is -0.0550. The van der Waals surface area contributed by atoms with Gasteiger partial charge in [0.25, 0.3) is 0 Å². The number of rotatable bonds is 7. The molecular weight excluding hydrogens is 246 g/mol. The molecule has 19 heavy (non-hydrogen) atoms. The Bertz CT molecular complexity index is 437. The van der Waals surface area contributed by atoms with Crippen molar-refractivity contribution >= 4 is 12.2 Å². The van der Waals surface area contributed by atoms with Crippen LogP contribution in [0.25, 0.3) is 0 Å². The fraction of sp³-hybridized carbons (Fsp3) is 0.429. The van der Waals surface area contributed by atoms with E-state index < -0.39 is 0 Å². The van der Waals surface area contributed by atoms with Gasteiger partial charge in [-0.2, -0.15) is 0 Å². The Hall–Kier alpha value is -1.88. The van der Waals surface area contributed by atoms with Crippen LogP contribution in [0.2, 0.25) is 0 Å². The number of methoxy groups -OCH3 is 1. The van der Waals surface area contributed by atoms with Crippen molar-refractivity contribution in [1.29, 1.82) is 0 Å². The van der Waals surface area contributed by atoms with Crippen LogP contribution in [0.15, 0.2) is 29.4 Å². The third-order valence-corrected chi connectivity index (χ3v) is 2.79. The van der Waals surface area contributed by atoms with E-state index in [9.17, 15) is 4.79 Å². The summed E-state index contributed by atoms with van der Waals surface area (Å²) in [5.41, 5.74) is 1.35. The molecule has 0 aromatic heterocycles. The molecule has 5 heteroatoms. The van der Waals surface area contributed by atoms with Crippen molar-refractivity contribution in [3.05, 3.63) is 35.4 Å². The molecule has 1 aliphatic rings. The van der Waals surface area contributed by atoms with Crippen molar-refractivity contribution in [2.24, 2.45) is 11.1 Å². The van der Waals surface area contributed by atoms with Gasteiger partial charge in [-0.05, 0) is 36.5 Å². The highest BCUT2D eigenvalue weighted by molar-refractivity contribution is 5.90. The van der Waals surface area contributed by atoms with Gasteiger partial charge in [0.15, 0.2) is 0 Å². The molecule has 0 saturated heterocycles. The van der Waals surface area contributed by atoms with E-state index in [1.54, 1.807) is 30.5 Å². The second-order valence-electron chi connectivity index (χ2n) is 4.41. The SMILES string of the molecule is COC(=O)c1ccc(/C=N\OCOCC2CC2)cc1. The molecule has 1 fully saturated rings. The van der Waals surface area contributed by atoms with E-state index in [4.69, 9.17) is 9.57 Å². The van der Waals surface area contributed by atoms with Crippen LogP contribution in [0.1, 0.15) is 28.8 Å². The molecule has 0 aliphatic heterocycles. The van der Waals surface area contributed by atoms with E-state index in [0.717, 1.165) is 18.1 Å². The molecule has 0 spiro atoms. The van der Waals surface area contributed by atoms with Gasteiger partial charge < -0.3 is 14.3 Å². The maximum atomic E-state index is 11.2. The molecule has 0 radical (unpaired) electrons. The average Bonchev–Trinajstić information content (AvgIpc) is 3.26. The number of carbonyl (C=O) groups excluding carboxylic acids is 1. The van der Waals surface area contributed by atoms with Crippen LogP contribution in [0, 0.1) is 5.92 Å². The van der Waals surface area contributed by atoms with E-state index in [0.29, 0.717) is 5.56 Å². The minimum atomic E-state index is -0.354. The zero-order valence-electron chi connectivity index (χ0n) is 10.9. The summed E-state index contributed by atoms with van der Waals surface area (Å²) in [5.74, 6) is 0.367. The number of benzene rings is 1. The van der Waals surface area contributed by atoms with Crippen molar-refractivity contribution in [2.45, 2.75) is 12.8 Å². The van der Waals surface area contributed by atoms with E-state index in [2.05, 4.69) is 9.89 Å². The Kier molecular flexibility index (Phi) is 4.92. The van der Waals surface area contributed by atoms with Gasteiger partial charge in [0.05, 0.1) is 25.5 Å². The summed E-state index contributed by atoms with van der Waals surface area (Å²) in [4.78, 5) is 16.2. The molecule has 0 bridgehead atoms. The molecule has 2 rings (SSSR count). The topological polar surface area (TPSA) is 57.1 Å². The second-order valence-corrected chi connectivity index (χ2v) is 4.41. The van der Waals surface area contributed by atoms with Crippen LogP contribution in [0.3, 0.4) is 0 Å². The molecule has 0 atom stereocenters. The van der Waals surface area contributed by atoms with Crippen LogP contribution in [0.5, 0.6) is 0 Å². The van der Waals surface area contributed by atoms with Crippen LogP contribution in [0.4, 0.5) is 0 Å². The minimum Gasteiger partial charge on any atom is -0.465 e. The normalized spacial score (nSPS) is 14.6. The van der Waals surface area contributed by atoms with Gasteiger partial charge in [-0.3, -0.25) is 0 Å². The average molecular weight is 263 g/mol. The predicted molar refractivity (Wildman–Crippen MR) is 70.0 cm³/mol. The van der Waals surface area contributed by atoms with Gasteiger partial charge in [0.2, 0.25) is 6.79 Å². The number of nitrogens with zero attached hydrogens (tertiary/aromatic N) is 1. The van der Waals surface area contributed by atoms with Crippen molar-refractivity contribution in [2.75, 3.05) is 20.5 Å². The highest BCUT2D eigenvalue weighted by Crippen LogP contribution is 2.28. The first-order valence-electron chi connectivity index (χ1n) is 6.21. The summed E-state index contributed by atoms with van der Waals surface area (Å²) in [5, 5.41) is 3.79. The Labute approximate surface area is 112 Å². The summed E-state index contributed by atoms with van der Waals surface area (Å²) in [6.07, 6.45) is 4.09. The Balaban J connectivity index is 1.70. The van der Waals surface area contributed by atoms with Crippen LogP contribution in [-0.4, -0.2) is 32.7 Å². The van der Waals surface area contributed by atoms with E-state index in [-0.39, 0.29) is 12.8 Å². The third kappa shape index (κ3) is 4.71. The molecular formula is C14H17NO4. The molecule has 102 valence electrons. The summed E-state index contributed by atoms with van der Waals surface area (Å²) in [6.45, 7) is 0.927. The number of carbonyl (C=O) groups is 1. The lowest BCUT2D eigenvalue weighted by Crippen LogP contribution is -2.01. The van der Waals surface area contributed by atoms with Gasteiger partial charge in [0.1, 0.15) is 0 Å². The molecule has 1 saturated carbocycles. The summed E-state index contributed by atoms with van der Waals surface area (Å²) >= 11 is 0. The Morgan fingerprint density at radius 2 is 2.11 bits per heavy atom. The standard InChI is InChI=1S/C14H17NO4/c1-17-14(16)13-6-4-11(5-7-13)8-15-19-10-18-9-12-2-3-12/h4-8,12H,2-3,9-10H2,1H3/b15-8-. The van der Waals surface area contributed by atoms with E-state index >= 15 is 0 Å². The van der Waals surface area contributed by atoms with Crippen molar-refractivity contribution < 1.29 is 19.1 Å². The molecule has 0 unspecified atom stereocenters. The minimum absolute atomic E-state index is 0.174. The zero-order chi connectivity index (χ0) is 13.5. The molecule has 1 aromatic carbocycles. The number of oxime groups is 1. The quantitative estimate of drug-likeness (QED) is 0.249. The highest BCUT2D eigenvalue weighted by Gasteiger charge is 2.20. The summed E-state index contributed by atoms with van der Waals surface area (Å²) in [6, 6.07) is 6.89. The Morgan fingerprint density at radius 3 is 2.74 bits per heavy atom. The van der Waals surface area contributed by atoms with Crippen molar-refractivity contribution in [3.8, 4) is 0 Å². The lowest BCUT2D eigenvalue weighted by atomic mass is 10.1. The first-order chi connectivity index (χ1) is 9.29. The van der Waals surface area contributed by atoms with Crippen LogP contribution < -0.4 is 0 Å². The number of ether oxygens (including phenoxy) is 2. The Morgan fingerprint density at radius 1 is 1.37 bits per heavy atom. The fourth-order valence-corrected chi connectivity index (χ4v) is 1.49. The third-order valence-electron chi connectivity index (χ3n) is 2.79. The molecule has 0 amide bonds. The fourth-order valence-electron chi connectivity index (χ4n) is 1.49. The molecule has 5 nitrogen and oxygen atoms in total. The summed E-state index contributed by atoms with van der Waals surface area (Å²) in [7, 11) is 1.35. The van der Waals surface area contributed by atoms with E-state index in [1.807, 2.05) is 0 Å². The van der Waals surface area contributed by atoms with Crippen molar-refractivity contribution in [1.82, 2.24) is 0 Å². The molecule has 0 N–H and O–H groups in total. The predicted octanol–water partition coefficient (Wildman–Crippen LogP) is 2.21. The number of hydrogen-bond donors (Lipinski definition) is 0. The van der Waals surface area contributed by atoms with Gasteiger partial charge in [-0.25, -0.2) is 4.79 Å². The zero-order valence-corrected chi connectivity index (χ0v) is 10.9. The maximum Gasteiger partial charge on any atom is 0.337 e. The van der Waals surface area contributed by atoms with Gasteiger partial charge in [0, 0.05) is 0 Å². The van der Waals surface area contributed by atoms with Crippen molar-refractivity contribution in [3.63, 3.8) is 0 Å². The number of hydrogen-bond acceptors (Lipinski definition) is 5. The van der Waals surface area contributed by atoms with Gasteiger partial charge in [-0.1, -0.05) is 17.3 Å². The van der Waals surface area contributed by atoms with E-state index in [1.165, 1.54) is 20.0 Å². The smallest absolute Gasteiger partial charge is 0.337 e. The summed E-state index contributed by atoms with van der Waals surface area (Å²) < 4.78 is 9.88. The van der Waals surface area contributed by atoms with Crippen LogP contribution >= 0.6 is 0 Å². The molecule has 1 aromatic rings. The molecule has 0 heterocycles. The molecule has 1 aliphatic carbocycles. The van der Waals surface area contributed by atoms with Crippen LogP contribution in [-0.2, 0) is 14.3 Å². The first-order valence-corrected chi connectivity index (χ1v) is 6.21. The van der Waals surface area contributed by atoms with Gasteiger partial charge >= 0.3 is 5.97 Å². The monoisotopic (exact) mass is 263 g/mol. The number of esters is 1. The van der Waals surface area contributed by atoms with Gasteiger partial charge in [-0.15, -0.1) is 0 Å². The largest absolute Gasteiger partial charge is 0.465 e.